The molecule has 0 radical (unpaired) electrons. The van der Waals surface area contributed by atoms with Gasteiger partial charge in [-0.1, -0.05) is 6.92 Å². The highest BCUT2D eigenvalue weighted by Crippen LogP contribution is 2.33. The fraction of sp³-hybridized carbons (Fsp3) is 1.00. The number of hydrogen-bond acceptors (Lipinski definition) is 3. The molecule has 2 bridgehead atoms. The quantitative estimate of drug-likeness (QED) is 0.838. The van der Waals surface area contributed by atoms with E-state index in [4.69, 9.17) is 4.74 Å². The lowest BCUT2D eigenvalue weighted by Crippen LogP contribution is -2.50. The van der Waals surface area contributed by atoms with Crippen molar-refractivity contribution in [2.75, 3.05) is 13.1 Å². The smallest absolute Gasteiger partial charge is 0.0710 e. The topological polar surface area (TPSA) is 24.5 Å². The van der Waals surface area contributed by atoms with Gasteiger partial charge in [0.1, 0.15) is 0 Å². The number of rotatable bonds is 5. The molecule has 0 saturated carbocycles. The third-order valence-electron chi connectivity index (χ3n) is 5.47. The van der Waals surface area contributed by atoms with Crippen LogP contribution >= 0.6 is 0 Å². The zero-order valence-corrected chi connectivity index (χ0v) is 13.5. The van der Waals surface area contributed by atoms with Crippen molar-refractivity contribution in [1.82, 2.24) is 10.2 Å². The normalized spacial score (nSPS) is 39.6. The predicted molar refractivity (Wildman–Crippen MR) is 83.0 cm³/mol. The van der Waals surface area contributed by atoms with E-state index >= 15 is 0 Å². The van der Waals surface area contributed by atoms with Gasteiger partial charge in [0.05, 0.1) is 11.7 Å². The average molecular weight is 280 g/mol. The first kappa shape index (κ1) is 14.8. The minimum atomic E-state index is 0.107. The van der Waals surface area contributed by atoms with Gasteiger partial charge in [0.25, 0.3) is 0 Å². The van der Waals surface area contributed by atoms with Crippen LogP contribution in [-0.2, 0) is 4.74 Å². The van der Waals surface area contributed by atoms with Gasteiger partial charge < -0.3 is 10.1 Å². The van der Waals surface area contributed by atoms with E-state index < -0.39 is 0 Å². The van der Waals surface area contributed by atoms with Gasteiger partial charge in [-0.15, -0.1) is 0 Å². The molecular weight excluding hydrogens is 248 g/mol. The minimum Gasteiger partial charge on any atom is -0.371 e. The van der Waals surface area contributed by atoms with Crippen LogP contribution in [0.15, 0.2) is 0 Å². The molecule has 3 rings (SSSR count). The highest BCUT2D eigenvalue weighted by Gasteiger charge is 2.38. The summed E-state index contributed by atoms with van der Waals surface area (Å²) in [5, 5.41) is 3.77. The maximum atomic E-state index is 6.23. The molecule has 3 fully saturated rings. The van der Waals surface area contributed by atoms with Crippen molar-refractivity contribution in [2.24, 2.45) is 0 Å². The lowest BCUT2D eigenvalue weighted by atomic mass is 9.97. The standard InChI is InChI=1S/C17H32N2O/c1-4-9-19(12-16-7-8-17(2,3)20-16)15-10-13-5-6-14(11-15)18-13/h13-16,18H,4-12H2,1-3H3. The Balaban J connectivity index is 1.58. The third kappa shape index (κ3) is 3.37. The molecule has 3 heterocycles. The van der Waals surface area contributed by atoms with E-state index in [1.165, 1.54) is 51.5 Å². The number of nitrogens with zero attached hydrogens (tertiary/aromatic N) is 1. The molecule has 0 aromatic carbocycles. The van der Waals surface area contributed by atoms with Gasteiger partial charge in [-0.25, -0.2) is 0 Å². The van der Waals surface area contributed by atoms with Crippen LogP contribution in [0.4, 0.5) is 0 Å². The molecule has 3 aliphatic rings. The largest absolute Gasteiger partial charge is 0.371 e. The molecule has 3 heteroatoms. The van der Waals surface area contributed by atoms with E-state index in [2.05, 4.69) is 31.0 Å². The second kappa shape index (κ2) is 5.94. The van der Waals surface area contributed by atoms with E-state index in [1.54, 1.807) is 0 Å². The SMILES string of the molecule is CCCN(CC1CCC(C)(C)O1)C1CC2CCC(C1)N2. The summed E-state index contributed by atoms with van der Waals surface area (Å²) in [6.07, 6.45) is 9.68. The van der Waals surface area contributed by atoms with Crippen LogP contribution in [-0.4, -0.2) is 47.8 Å². The molecule has 0 amide bonds. The maximum Gasteiger partial charge on any atom is 0.0710 e. The number of ether oxygens (including phenoxy) is 1. The summed E-state index contributed by atoms with van der Waals surface area (Å²) in [5.74, 6) is 0. The molecule has 3 atom stereocenters. The Bertz CT molecular complexity index is 319. The maximum absolute atomic E-state index is 6.23. The van der Waals surface area contributed by atoms with Crippen LogP contribution in [0.2, 0.25) is 0 Å². The van der Waals surface area contributed by atoms with Crippen LogP contribution in [0.1, 0.15) is 65.7 Å². The predicted octanol–water partition coefficient (Wildman–Crippen LogP) is 2.94. The van der Waals surface area contributed by atoms with E-state index in [0.29, 0.717) is 6.10 Å². The summed E-state index contributed by atoms with van der Waals surface area (Å²) in [6, 6.07) is 2.37. The highest BCUT2D eigenvalue weighted by molar-refractivity contribution is 4.96. The zero-order valence-electron chi connectivity index (χ0n) is 13.5. The first-order valence-corrected chi connectivity index (χ1v) is 8.73. The second-order valence-electron chi connectivity index (χ2n) is 7.80. The Morgan fingerprint density at radius 1 is 1.15 bits per heavy atom. The highest BCUT2D eigenvalue weighted by atomic mass is 16.5. The van der Waals surface area contributed by atoms with E-state index in [9.17, 15) is 0 Å². The van der Waals surface area contributed by atoms with Crippen molar-refractivity contribution >= 4 is 0 Å². The zero-order chi connectivity index (χ0) is 14.2. The summed E-state index contributed by atoms with van der Waals surface area (Å²) in [5.41, 5.74) is 0.107. The van der Waals surface area contributed by atoms with Gasteiger partial charge in [-0.2, -0.15) is 0 Å². The molecule has 0 aromatic heterocycles. The molecule has 0 spiro atoms. The van der Waals surface area contributed by atoms with Gasteiger partial charge in [0, 0.05) is 24.7 Å². The molecule has 0 aliphatic carbocycles. The van der Waals surface area contributed by atoms with Crippen LogP contribution in [0.5, 0.6) is 0 Å². The Morgan fingerprint density at radius 3 is 2.40 bits per heavy atom. The monoisotopic (exact) mass is 280 g/mol. The summed E-state index contributed by atoms with van der Waals surface area (Å²) in [6.45, 7) is 9.18. The molecule has 3 aliphatic heterocycles. The summed E-state index contributed by atoms with van der Waals surface area (Å²) in [7, 11) is 0. The van der Waals surface area contributed by atoms with Gasteiger partial charge in [0.2, 0.25) is 0 Å². The fourth-order valence-electron chi connectivity index (χ4n) is 4.50. The molecule has 1 N–H and O–H groups in total. The van der Waals surface area contributed by atoms with Crippen molar-refractivity contribution in [2.45, 2.75) is 95.5 Å². The second-order valence-corrected chi connectivity index (χ2v) is 7.80. The Labute approximate surface area is 124 Å². The Kier molecular flexibility index (Phi) is 4.40. The van der Waals surface area contributed by atoms with Crippen molar-refractivity contribution in [1.29, 1.82) is 0 Å². The van der Waals surface area contributed by atoms with Crippen molar-refractivity contribution in [3.63, 3.8) is 0 Å². The van der Waals surface area contributed by atoms with Gasteiger partial charge in [-0.05, 0) is 65.3 Å². The van der Waals surface area contributed by atoms with Crippen molar-refractivity contribution in [3.8, 4) is 0 Å². The molecule has 3 nitrogen and oxygen atoms in total. The number of hydrogen-bond donors (Lipinski definition) is 1. The van der Waals surface area contributed by atoms with Crippen LogP contribution in [0.25, 0.3) is 0 Å². The molecule has 116 valence electrons. The molecule has 0 aromatic rings. The third-order valence-corrected chi connectivity index (χ3v) is 5.47. The van der Waals surface area contributed by atoms with Crippen molar-refractivity contribution in [3.05, 3.63) is 0 Å². The minimum absolute atomic E-state index is 0.107. The van der Waals surface area contributed by atoms with Gasteiger partial charge in [-0.3, -0.25) is 4.90 Å². The van der Waals surface area contributed by atoms with Crippen LogP contribution in [0, 0.1) is 0 Å². The molecule has 20 heavy (non-hydrogen) atoms. The van der Waals surface area contributed by atoms with E-state index in [0.717, 1.165) is 24.7 Å². The lowest BCUT2D eigenvalue weighted by molar-refractivity contribution is -0.0365. The molecule has 3 saturated heterocycles. The summed E-state index contributed by atoms with van der Waals surface area (Å²) in [4.78, 5) is 2.75. The Hall–Kier alpha value is -0.120. The van der Waals surface area contributed by atoms with E-state index in [-0.39, 0.29) is 5.60 Å². The lowest BCUT2D eigenvalue weighted by Gasteiger charge is -2.39. The van der Waals surface area contributed by atoms with Crippen molar-refractivity contribution < 1.29 is 4.74 Å². The first-order chi connectivity index (χ1) is 9.55. The van der Waals surface area contributed by atoms with Crippen LogP contribution < -0.4 is 5.32 Å². The number of fused-ring (bicyclic) bond motifs is 2. The fourth-order valence-corrected chi connectivity index (χ4v) is 4.50. The molecule has 3 unspecified atom stereocenters. The number of nitrogens with one attached hydrogen (secondary N) is 1. The van der Waals surface area contributed by atoms with Gasteiger partial charge >= 0.3 is 0 Å². The summed E-state index contributed by atoms with van der Waals surface area (Å²) < 4.78 is 6.23. The first-order valence-electron chi connectivity index (χ1n) is 8.73. The van der Waals surface area contributed by atoms with Gasteiger partial charge in [0.15, 0.2) is 0 Å². The average Bonchev–Trinajstić information content (AvgIpc) is 2.91. The van der Waals surface area contributed by atoms with Crippen LogP contribution in [0.3, 0.4) is 0 Å². The van der Waals surface area contributed by atoms with E-state index in [1.807, 2.05) is 0 Å². The Morgan fingerprint density at radius 2 is 1.85 bits per heavy atom. The summed E-state index contributed by atoms with van der Waals surface area (Å²) >= 11 is 0. The molecular formula is C17H32N2O. The number of piperidine rings is 1.